The fraction of sp³-hybridized carbons (Fsp3) is 0.684. The average Bonchev–Trinajstić information content (AvgIpc) is 3.28. The molecule has 0 aromatic rings. The number of amides is 1. The highest BCUT2D eigenvalue weighted by Gasteiger charge is 2.23. The molecular weight excluding hydrogens is 779 g/mol. The van der Waals surface area contributed by atoms with Crippen molar-refractivity contribution >= 4 is 11.9 Å². The van der Waals surface area contributed by atoms with Crippen molar-refractivity contribution in [3.05, 3.63) is 97.2 Å². The van der Waals surface area contributed by atoms with Gasteiger partial charge in [-0.3, -0.25) is 9.59 Å². The minimum atomic E-state index is -0.827. The zero-order chi connectivity index (χ0) is 45.9. The van der Waals surface area contributed by atoms with Crippen LogP contribution in [0.3, 0.4) is 0 Å². The molecule has 6 heteroatoms. The van der Waals surface area contributed by atoms with Crippen molar-refractivity contribution in [1.82, 2.24) is 5.32 Å². The second kappa shape index (κ2) is 49.8. The lowest BCUT2D eigenvalue weighted by molar-refractivity contribution is -0.150. The van der Waals surface area contributed by atoms with Gasteiger partial charge in [0.2, 0.25) is 5.91 Å². The van der Waals surface area contributed by atoms with Gasteiger partial charge in [0.25, 0.3) is 0 Å². The Kier molecular flexibility index (Phi) is 47.2. The molecule has 0 spiro atoms. The smallest absolute Gasteiger partial charge is 0.306 e. The summed E-state index contributed by atoms with van der Waals surface area (Å²) in [6.07, 6.45) is 66.4. The van der Waals surface area contributed by atoms with Crippen molar-refractivity contribution in [2.75, 3.05) is 6.61 Å². The van der Waals surface area contributed by atoms with Gasteiger partial charge in [0.15, 0.2) is 0 Å². The number of hydrogen-bond donors (Lipinski definition) is 3. The summed E-state index contributed by atoms with van der Waals surface area (Å²) < 4.78 is 5.83. The molecule has 0 heterocycles. The lowest BCUT2D eigenvalue weighted by atomic mass is 10.0. The predicted molar refractivity (Wildman–Crippen MR) is 273 cm³/mol. The summed E-state index contributed by atoms with van der Waals surface area (Å²) in [7, 11) is 0. The molecule has 0 aliphatic carbocycles. The lowest BCUT2D eigenvalue weighted by Crippen LogP contribution is -2.46. The first-order chi connectivity index (χ1) is 31.0. The Labute approximate surface area is 388 Å². The molecule has 0 saturated heterocycles. The molecule has 0 fully saturated rings. The standard InChI is InChI=1S/C57H97NO5/c1-4-7-10-13-16-19-22-24-26-28-30-32-35-38-41-44-47-50-57(62)63-53(48-45-42-39-36-33-21-18-15-12-9-6-3)51-56(61)58-54(52-59)55(60)49-46-43-40-37-34-31-29-27-25-23-20-17-14-11-8-5-2/h9,12,15-16,18-19,21,24,26,30,32-33,36,39,42,45,53-55,59-60H,4-8,10-11,13-14,17,20,22-23,25,27-29,31,34-35,37-38,40-41,43-44,46-52H2,1-3H3,(H,58,61)/b12-9+,18-15+,19-16-,26-24-,32-30-,33-21-,39-36-,45-42+. The molecule has 0 aromatic carbocycles. The van der Waals surface area contributed by atoms with E-state index < -0.39 is 18.2 Å². The number of carbonyl (C=O) groups excluding carboxylic acids is 2. The van der Waals surface area contributed by atoms with Crippen molar-refractivity contribution in [1.29, 1.82) is 0 Å². The molecule has 1 amide bonds. The first-order valence-electron chi connectivity index (χ1n) is 26.0. The van der Waals surface area contributed by atoms with Crippen LogP contribution in [0.4, 0.5) is 0 Å². The number of allylic oxidation sites excluding steroid dienone is 15. The molecule has 360 valence electrons. The van der Waals surface area contributed by atoms with Crippen LogP contribution in [0.2, 0.25) is 0 Å². The van der Waals surface area contributed by atoms with Crippen molar-refractivity contribution in [3.8, 4) is 0 Å². The monoisotopic (exact) mass is 876 g/mol. The molecular formula is C57H97NO5. The van der Waals surface area contributed by atoms with E-state index >= 15 is 0 Å². The maximum absolute atomic E-state index is 13.2. The first-order valence-corrected chi connectivity index (χ1v) is 26.0. The summed E-state index contributed by atoms with van der Waals surface area (Å²) in [6.45, 7) is 6.26. The van der Waals surface area contributed by atoms with Gasteiger partial charge in [0, 0.05) is 12.8 Å². The van der Waals surface area contributed by atoms with E-state index in [1.807, 2.05) is 54.7 Å². The normalized spacial score (nSPS) is 14.0. The minimum Gasteiger partial charge on any atom is -0.461 e. The van der Waals surface area contributed by atoms with E-state index in [-0.39, 0.29) is 24.9 Å². The van der Waals surface area contributed by atoms with Crippen LogP contribution in [0, 0.1) is 0 Å². The van der Waals surface area contributed by atoms with Crippen LogP contribution >= 0.6 is 0 Å². The molecule has 3 atom stereocenters. The number of aliphatic hydroxyl groups excluding tert-OH is 2. The number of hydrogen-bond acceptors (Lipinski definition) is 5. The SMILES string of the molecule is CC/C=C/C=C/C=C\C=C/C=C/CC(CC(=O)NC(CO)C(O)CCCCCCCCCCCCCCCCCC)OC(=O)CCCCCC/C=C\C/C=C\C/C=C\CCCCC. The van der Waals surface area contributed by atoms with Gasteiger partial charge in [-0.25, -0.2) is 0 Å². The highest BCUT2D eigenvalue weighted by Crippen LogP contribution is 2.16. The molecule has 3 unspecified atom stereocenters. The third-order valence-corrected chi connectivity index (χ3v) is 11.3. The van der Waals surface area contributed by atoms with Crippen LogP contribution in [0.15, 0.2) is 97.2 Å². The third-order valence-electron chi connectivity index (χ3n) is 11.3. The molecule has 6 nitrogen and oxygen atoms in total. The van der Waals surface area contributed by atoms with Gasteiger partial charge in [0.1, 0.15) is 6.10 Å². The molecule has 3 N–H and O–H groups in total. The summed E-state index contributed by atoms with van der Waals surface area (Å²) in [5.41, 5.74) is 0. The Bertz CT molecular complexity index is 1260. The second-order valence-electron chi connectivity index (χ2n) is 17.3. The molecule has 0 aromatic heterocycles. The number of unbranched alkanes of at least 4 members (excludes halogenated alkanes) is 22. The lowest BCUT2D eigenvalue weighted by Gasteiger charge is -2.24. The Morgan fingerprint density at radius 1 is 0.508 bits per heavy atom. The number of nitrogens with one attached hydrogen (secondary N) is 1. The van der Waals surface area contributed by atoms with Gasteiger partial charge in [-0.2, -0.15) is 0 Å². The Morgan fingerprint density at radius 2 is 0.937 bits per heavy atom. The van der Waals surface area contributed by atoms with Gasteiger partial charge in [-0.05, 0) is 57.8 Å². The zero-order valence-corrected chi connectivity index (χ0v) is 40.9. The summed E-state index contributed by atoms with van der Waals surface area (Å²) in [5.74, 6) is -0.639. The molecule has 0 aliphatic rings. The fourth-order valence-electron chi connectivity index (χ4n) is 7.34. The van der Waals surface area contributed by atoms with Gasteiger partial charge in [-0.1, -0.05) is 246 Å². The highest BCUT2D eigenvalue weighted by atomic mass is 16.5. The average molecular weight is 876 g/mol. The van der Waals surface area contributed by atoms with Gasteiger partial charge >= 0.3 is 5.97 Å². The van der Waals surface area contributed by atoms with Crippen LogP contribution in [-0.4, -0.2) is 46.9 Å². The van der Waals surface area contributed by atoms with Crippen LogP contribution in [-0.2, 0) is 14.3 Å². The molecule has 0 aliphatic heterocycles. The van der Waals surface area contributed by atoms with Crippen LogP contribution in [0.25, 0.3) is 0 Å². The van der Waals surface area contributed by atoms with E-state index in [1.165, 1.54) is 109 Å². The van der Waals surface area contributed by atoms with E-state index in [9.17, 15) is 19.8 Å². The Morgan fingerprint density at radius 3 is 1.46 bits per heavy atom. The van der Waals surface area contributed by atoms with E-state index in [4.69, 9.17) is 4.74 Å². The van der Waals surface area contributed by atoms with Gasteiger partial charge in [-0.15, -0.1) is 0 Å². The Hall–Kier alpha value is -3.22. The first kappa shape index (κ1) is 59.8. The zero-order valence-electron chi connectivity index (χ0n) is 40.9. The van der Waals surface area contributed by atoms with Crippen molar-refractivity contribution in [2.45, 2.75) is 244 Å². The highest BCUT2D eigenvalue weighted by molar-refractivity contribution is 5.77. The van der Waals surface area contributed by atoms with E-state index in [1.54, 1.807) is 0 Å². The summed E-state index contributed by atoms with van der Waals surface area (Å²) in [5, 5.41) is 23.7. The molecule has 0 saturated carbocycles. The number of ether oxygens (including phenoxy) is 1. The molecule has 63 heavy (non-hydrogen) atoms. The summed E-state index contributed by atoms with van der Waals surface area (Å²) >= 11 is 0. The third kappa shape index (κ3) is 45.2. The fourth-order valence-corrected chi connectivity index (χ4v) is 7.34. The topological polar surface area (TPSA) is 95.9 Å². The van der Waals surface area contributed by atoms with Gasteiger partial charge in [0.05, 0.1) is 25.2 Å². The number of esters is 1. The number of carbonyl (C=O) groups is 2. The van der Waals surface area contributed by atoms with Crippen molar-refractivity contribution in [3.63, 3.8) is 0 Å². The van der Waals surface area contributed by atoms with Crippen molar-refractivity contribution in [2.24, 2.45) is 0 Å². The molecule has 0 radical (unpaired) electrons. The molecule has 0 rings (SSSR count). The maximum atomic E-state index is 13.2. The maximum Gasteiger partial charge on any atom is 0.306 e. The minimum absolute atomic E-state index is 0.0324. The second-order valence-corrected chi connectivity index (χ2v) is 17.3. The largest absolute Gasteiger partial charge is 0.461 e. The van der Waals surface area contributed by atoms with E-state index in [2.05, 4.69) is 68.6 Å². The van der Waals surface area contributed by atoms with E-state index in [0.717, 1.165) is 70.6 Å². The number of aliphatic hydroxyl groups is 2. The van der Waals surface area contributed by atoms with Gasteiger partial charge < -0.3 is 20.3 Å². The van der Waals surface area contributed by atoms with Crippen molar-refractivity contribution < 1.29 is 24.5 Å². The van der Waals surface area contributed by atoms with Crippen LogP contribution < -0.4 is 5.32 Å². The Balaban J connectivity index is 4.65. The van der Waals surface area contributed by atoms with E-state index in [0.29, 0.717) is 19.3 Å². The molecule has 0 bridgehead atoms. The quantitative estimate of drug-likeness (QED) is 0.0245. The number of rotatable bonds is 45. The summed E-state index contributed by atoms with van der Waals surface area (Å²) in [4.78, 5) is 26.1. The van der Waals surface area contributed by atoms with Crippen LogP contribution in [0.5, 0.6) is 0 Å². The van der Waals surface area contributed by atoms with Crippen LogP contribution in [0.1, 0.15) is 226 Å². The predicted octanol–water partition coefficient (Wildman–Crippen LogP) is 15.7. The summed E-state index contributed by atoms with van der Waals surface area (Å²) in [6, 6.07) is -0.749.